The molecule has 0 N–H and O–H groups in total. The maximum atomic E-state index is 13.2. The second kappa shape index (κ2) is 7.23. The molecule has 1 fully saturated rings. The first-order valence-corrected chi connectivity index (χ1v) is 9.86. The van der Waals surface area contributed by atoms with Crippen LogP contribution < -0.4 is 9.47 Å². The summed E-state index contributed by atoms with van der Waals surface area (Å²) in [6, 6.07) is 14.4. The van der Waals surface area contributed by atoms with E-state index in [1.807, 2.05) is 24.3 Å². The molecule has 2 aliphatic rings. The van der Waals surface area contributed by atoms with E-state index in [0.29, 0.717) is 11.5 Å². The minimum atomic E-state index is -0.00635. The van der Waals surface area contributed by atoms with Crippen molar-refractivity contribution in [1.29, 1.82) is 0 Å². The number of carbonyl (C=O) groups excluding carboxylic acids is 1. The summed E-state index contributed by atoms with van der Waals surface area (Å²) >= 11 is 1.71. The number of thioether (sulfide) groups is 1. The molecule has 2 atom stereocenters. The summed E-state index contributed by atoms with van der Waals surface area (Å²) in [5.74, 6) is 1.68. The van der Waals surface area contributed by atoms with Gasteiger partial charge in [0.05, 0.1) is 25.5 Å². The number of hydrogen-bond acceptors (Lipinski definition) is 4. The van der Waals surface area contributed by atoms with Crippen LogP contribution in [0.5, 0.6) is 11.5 Å². The van der Waals surface area contributed by atoms with E-state index in [4.69, 9.17) is 9.47 Å². The summed E-state index contributed by atoms with van der Waals surface area (Å²) in [6.45, 7) is 0.825. The average molecular weight is 369 g/mol. The first-order chi connectivity index (χ1) is 12.7. The van der Waals surface area contributed by atoms with Crippen molar-refractivity contribution in [2.45, 2.75) is 35.4 Å². The molecule has 2 heterocycles. The molecule has 0 spiro atoms. The zero-order valence-electron chi connectivity index (χ0n) is 15.1. The number of amides is 1. The molecule has 136 valence electrons. The van der Waals surface area contributed by atoms with Gasteiger partial charge in [0, 0.05) is 11.4 Å². The van der Waals surface area contributed by atoms with Gasteiger partial charge in [-0.1, -0.05) is 24.3 Å². The van der Waals surface area contributed by atoms with Crippen molar-refractivity contribution < 1.29 is 14.3 Å². The number of ether oxygens (including phenoxy) is 2. The fraction of sp³-hybridized carbons (Fsp3) is 0.381. The molecule has 1 amide bonds. The lowest BCUT2D eigenvalue weighted by atomic mass is 10.0. The highest BCUT2D eigenvalue weighted by atomic mass is 32.2. The Bertz CT molecular complexity index is 798. The summed E-state index contributed by atoms with van der Waals surface area (Å²) < 4.78 is 10.8. The number of hydrogen-bond donors (Lipinski definition) is 0. The Balaban J connectivity index is 1.55. The van der Waals surface area contributed by atoms with E-state index in [1.165, 1.54) is 10.5 Å². The molecule has 0 unspecified atom stereocenters. The van der Waals surface area contributed by atoms with Gasteiger partial charge in [0.1, 0.15) is 0 Å². The zero-order chi connectivity index (χ0) is 18.1. The first kappa shape index (κ1) is 17.3. The van der Waals surface area contributed by atoms with Crippen molar-refractivity contribution in [3.8, 4) is 11.5 Å². The molecule has 1 saturated heterocycles. The molecule has 2 aromatic carbocycles. The number of carbonyl (C=O) groups is 1. The number of rotatable bonds is 4. The van der Waals surface area contributed by atoms with Crippen molar-refractivity contribution in [1.82, 2.24) is 4.90 Å². The van der Waals surface area contributed by atoms with Gasteiger partial charge in [0.2, 0.25) is 5.91 Å². The van der Waals surface area contributed by atoms with Crippen molar-refractivity contribution in [3.63, 3.8) is 0 Å². The third kappa shape index (κ3) is 3.05. The minimum Gasteiger partial charge on any atom is -0.493 e. The van der Waals surface area contributed by atoms with Crippen molar-refractivity contribution in [2.75, 3.05) is 20.8 Å². The molecule has 2 aromatic rings. The van der Waals surface area contributed by atoms with Crippen molar-refractivity contribution in [2.24, 2.45) is 0 Å². The maximum Gasteiger partial charge on any atom is 0.236 e. The Kier molecular flexibility index (Phi) is 4.81. The topological polar surface area (TPSA) is 38.8 Å². The van der Waals surface area contributed by atoms with Gasteiger partial charge < -0.3 is 14.4 Å². The van der Waals surface area contributed by atoms with E-state index < -0.39 is 0 Å². The molecule has 4 nitrogen and oxygen atoms in total. The molecule has 26 heavy (non-hydrogen) atoms. The maximum absolute atomic E-state index is 13.2. The highest BCUT2D eigenvalue weighted by Crippen LogP contribution is 2.42. The number of benzene rings is 2. The Morgan fingerprint density at radius 3 is 2.69 bits per heavy atom. The Morgan fingerprint density at radius 1 is 1.12 bits per heavy atom. The summed E-state index contributed by atoms with van der Waals surface area (Å²) in [5.41, 5.74) is 2.41. The molecule has 0 radical (unpaired) electrons. The molecule has 0 bridgehead atoms. The van der Waals surface area contributed by atoms with Gasteiger partial charge in [-0.3, -0.25) is 4.79 Å². The van der Waals surface area contributed by atoms with Crippen LogP contribution in [0.25, 0.3) is 0 Å². The third-order valence-corrected chi connectivity index (χ3v) is 6.56. The van der Waals surface area contributed by atoms with Crippen LogP contribution in [0.2, 0.25) is 0 Å². The lowest BCUT2D eigenvalue weighted by molar-refractivity contribution is -0.131. The SMILES string of the molecule is COc1ccc([C@H]2CCCN2C(=O)[C@@H]2Cc3ccccc3S2)cc1OC. The molecule has 5 heteroatoms. The standard InChI is InChI=1S/C21H23NO3S/c1-24-17-10-9-14(12-18(17)25-2)16-7-5-11-22(16)21(23)20-13-15-6-3-4-8-19(15)26-20/h3-4,6,8-10,12,16,20H,5,7,11,13H2,1-2H3/t16-,20+/m1/s1. The minimum absolute atomic E-state index is 0.00635. The monoisotopic (exact) mass is 369 g/mol. The van der Waals surface area contributed by atoms with Crippen LogP contribution in [0.1, 0.15) is 30.0 Å². The van der Waals surface area contributed by atoms with Crippen LogP contribution in [0.3, 0.4) is 0 Å². The second-order valence-corrected chi connectivity index (χ2v) is 7.97. The van der Waals surface area contributed by atoms with Crippen molar-refractivity contribution in [3.05, 3.63) is 53.6 Å². The predicted octanol–water partition coefficient (Wildman–Crippen LogP) is 4.08. The number of methoxy groups -OCH3 is 2. The van der Waals surface area contributed by atoms with Gasteiger partial charge in [-0.2, -0.15) is 0 Å². The third-order valence-electron chi connectivity index (χ3n) is 5.25. The zero-order valence-corrected chi connectivity index (χ0v) is 15.9. The fourth-order valence-electron chi connectivity index (χ4n) is 3.94. The van der Waals surface area contributed by atoms with E-state index in [-0.39, 0.29) is 17.2 Å². The molecular formula is C21H23NO3S. The van der Waals surface area contributed by atoms with Crippen molar-refractivity contribution >= 4 is 17.7 Å². The van der Waals surface area contributed by atoms with Gasteiger partial charge in [-0.05, 0) is 48.6 Å². The first-order valence-electron chi connectivity index (χ1n) is 8.98. The van der Waals surface area contributed by atoms with E-state index >= 15 is 0 Å². The number of nitrogens with zero attached hydrogens (tertiary/aromatic N) is 1. The summed E-state index contributed by atoms with van der Waals surface area (Å²) in [5, 5.41) is -0.00635. The lowest BCUT2D eigenvalue weighted by Gasteiger charge is -2.28. The highest BCUT2D eigenvalue weighted by Gasteiger charge is 2.37. The Hall–Kier alpha value is -2.14. The molecule has 0 aliphatic carbocycles. The van der Waals surface area contributed by atoms with Crippen LogP contribution in [0.4, 0.5) is 0 Å². The summed E-state index contributed by atoms with van der Waals surface area (Å²) in [4.78, 5) is 16.5. The molecule has 2 aliphatic heterocycles. The summed E-state index contributed by atoms with van der Waals surface area (Å²) in [7, 11) is 3.28. The predicted molar refractivity (Wildman–Crippen MR) is 103 cm³/mol. The van der Waals surface area contributed by atoms with Crippen LogP contribution in [-0.4, -0.2) is 36.8 Å². The van der Waals surface area contributed by atoms with E-state index in [1.54, 1.807) is 26.0 Å². The largest absolute Gasteiger partial charge is 0.493 e. The van der Waals surface area contributed by atoms with Gasteiger partial charge in [-0.25, -0.2) is 0 Å². The molecular weight excluding hydrogens is 346 g/mol. The van der Waals surface area contributed by atoms with Crippen LogP contribution in [-0.2, 0) is 11.2 Å². The lowest BCUT2D eigenvalue weighted by Crippen LogP contribution is -2.37. The van der Waals surface area contributed by atoms with Gasteiger partial charge in [0.15, 0.2) is 11.5 Å². The van der Waals surface area contributed by atoms with Gasteiger partial charge >= 0.3 is 0 Å². The average Bonchev–Trinajstić information content (AvgIpc) is 3.33. The number of fused-ring (bicyclic) bond motifs is 1. The van der Waals surface area contributed by atoms with E-state index in [9.17, 15) is 4.79 Å². The normalized spacial score (nSPS) is 21.5. The van der Waals surface area contributed by atoms with Crippen LogP contribution >= 0.6 is 11.8 Å². The van der Waals surface area contributed by atoms with Gasteiger partial charge in [0.25, 0.3) is 0 Å². The quantitative estimate of drug-likeness (QED) is 0.814. The van der Waals surface area contributed by atoms with Gasteiger partial charge in [-0.15, -0.1) is 11.8 Å². The van der Waals surface area contributed by atoms with E-state index in [2.05, 4.69) is 23.1 Å². The smallest absolute Gasteiger partial charge is 0.236 e. The molecule has 0 aromatic heterocycles. The second-order valence-electron chi connectivity index (χ2n) is 6.72. The van der Waals surface area contributed by atoms with Crippen LogP contribution in [0, 0.1) is 0 Å². The number of likely N-dealkylation sites (tertiary alicyclic amines) is 1. The Labute approximate surface area is 158 Å². The highest BCUT2D eigenvalue weighted by molar-refractivity contribution is 8.01. The van der Waals surface area contributed by atoms with Crippen LogP contribution in [0.15, 0.2) is 47.4 Å². The Morgan fingerprint density at radius 2 is 1.92 bits per heavy atom. The summed E-state index contributed by atoms with van der Waals surface area (Å²) in [6.07, 6.45) is 2.86. The molecule has 4 rings (SSSR count). The van der Waals surface area contributed by atoms with E-state index in [0.717, 1.165) is 31.4 Å². The molecule has 0 saturated carbocycles. The fourth-order valence-corrected chi connectivity index (χ4v) is 5.21.